The third-order valence-electron chi connectivity index (χ3n) is 2.00. The van der Waals surface area contributed by atoms with Crippen molar-refractivity contribution in [2.75, 3.05) is 0 Å². The molecule has 0 saturated heterocycles. The minimum Gasteiger partial charge on any atom is -0.504 e. The molecule has 0 amide bonds. The van der Waals surface area contributed by atoms with Crippen LogP contribution in [0.3, 0.4) is 0 Å². The summed E-state index contributed by atoms with van der Waals surface area (Å²) >= 11 is 0. The third kappa shape index (κ3) is 4.42. The van der Waals surface area contributed by atoms with Crippen LogP contribution in [-0.4, -0.2) is 19.3 Å². The van der Waals surface area contributed by atoms with E-state index in [1.54, 1.807) is 6.07 Å². The molecule has 0 aliphatic carbocycles. The van der Waals surface area contributed by atoms with Crippen LogP contribution >= 0.6 is 0 Å². The number of phenolic OH excluding ortho intramolecular Hbond substituents is 1. The molecule has 3 N–H and O–H groups in total. The standard InChI is InChI=1S/C11H10N2O5S/c1-7(14)9(6-12)4-8-2-3-11(10(15)5-8)18-19(13,16)17/h2-5,15H,1H3,(H2,13,16,17)/b9-4-. The van der Waals surface area contributed by atoms with Gasteiger partial charge in [0, 0.05) is 0 Å². The number of benzene rings is 1. The second kappa shape index (κ2) is 5.51. The number of carbonyl (C=O) groups is 1. The van der Waals surface area contributed by atoms with Crippen molar-refractivity contribution in [3.05, 3.63) is 29.3 Å². The molecule has 0 aliphatic heterocycles. The lowest BCUT2D eigenvalue weighted by molar-refractivity contribution is -0.113. The van der Waals surface area contributed by atoms with E-state index in [4.69, 9.17) is 5.26 Å². The average Bonchev–Trinajstić information content (AvgIpc) is 2.27. The average molecular weight is 282 g/mol. The SMILES string of the molecule is CC(=O)/C(C#N)=C\c1ccc(OS(N)(=O)=O)c(O)c1. The Labute approximate surface area is 109 Å². The summed E-state index contributed by atoms with van der Waals surface area (Å²) in [6.45, 7) is 1.23. The van der Waals surface area contributed by atoms with Crippen LogP contribution in [0.2, 0.25) is 0 Å². The van der Waals surface area contributed by atoms with Gasteiger partial charge in [0.1, 0.15) is 6.07 Å². The van der Waals surface area contributed by atoms with Crippen LogP contribution in [0.25, 0.3) is 6.08 Å². The zero-order chi connectivity index (χ0) is 14.6. The number of allylic oxidation sites excluding steroid dienone is 1. The molecule has 0 unspecified atom stereocenters. The second-order valence-corrected chi connectivity index (χ2v) is 4.68. The van der Waals surface area contributed by atoms with Gasteiger partial charge in [0.2, 0.25) is 0 Å². The van der Waals surface area contributed by atoms with Gasteiger partial charge in [0.25, 0.3) is 0 Å². The first-order valence-electron chi connectivity index (χ1n) is 4.91. The number of hydrogen-bond acceptors (Lipinski definition) is 6. The van der Waals surface area contributed by atoms with Crippen LogP contribution < -0.4 is 9.32 Å². The number of phenols is 1. The van der Waals surface area contributed by atoms with Crippen LogP contribution in [0.15, 0.2) is 23.8 Å². The number of carbonyl (C=O) groups excluding carboxylic acids is 1. The molecule has 100 valence electrons. The van der Waals surface area contributed by atoms with E-state index in [0.29, 0.717) is 5.56 Å². The summed E-state index contributed by atoms with van der Waals surface area (Å²) in [7, 11) is -4.24. The number of hydrogen-bond donors (Lipinski definition) is 2. The molecule has 1 aromatic rings. The van der Waals surface area contributed by atoms with Crippen molar-refractivity contribution in [2.24, 2.45) is 5.14 Å². The Hall–Kier alpha value is -2.37. The lowest BCUT2D eigenvalue weighted by Crippen LogP contribution is -2.18. The highest BCUT2D eigenvalue weighted by atomic mass is 32.2. The molecule has 0 saturated carbocycles. The van der Waals surface area contributed by atoms with E-state index in [1.807, 2.05) is 0 Å². The Morgan fingerprint density at radius 1 is 1.53 bits per heavy atom. The fourth-order valence-corrected chi connectivity index (χ4v) is 1.59. The first-order valence-corrected chi connectivity index (χ1v) is 6.38. The van der Waals surface area contributed by atoms with E-state index in [-0.39, 0.29) is 11.3 Å². The smallest absolute Gasteiger partial charge is 0.380 e. The highest BCUT2D eigenvalue weighted by molar-refractivity contribution is 7.84. The maximum atomic E-state index is 11.0. The van der Waals surface area contributed by atoms with E-state index in [1.165, 1.54) is 19.1 Å². The quantitative estimate of drug-likeness (QED) is 0.609. The minimum absolute atomic E-state index is 0.0977. The number of nitrogens with two attached hydrogens (primary N) is 1. The molecule has 0 fully saturated rings. The van der Waals surface area contributed by atoms with Gasteiger partial charge < -0.3 is 9.29 Å². The topological polar surface area (TPSA) is 130 Å². The first kappa shape index (κ1) is 14.7. The maximum absolute atomic E-state index is 11.0. The highest BCUT2D eigenvalue weighted by Crippen LogP contribution is 2.28. The van der Waals surface area contributed by atoms with Crippen molar-refractivity contribution in [2.45, 2.75) is 6.92 Å². The van der Waals surface area contributed by atoms with Gasteiger partial charge >= 0.3 is 10.3 Å². The lowest BCUT2D eigenvalue weighted by Gasteiger charge is -2.05. The summed E-state index contributed by atoms with van der Waals surface area (Å²) < 4.78 is 25.7. The predicted octanol–water partition coefficient (Wildman–Crippen LogP) is 0.470. The predicted molar refractivity (Wildman–Crippen MR) is 66.1 cm³/mol. The van der Waals surface area contributed by atoms with Crippen LogP contribution in [0.4, 0.5) is 0 Å². The molecule has 1 aromatic carbocycles. The van der Waals surface area contributed by atoms with Crippen molar-refractivity contribution >= 4 is 22.2 Å². The molecule has 0 atom stereocenters. The second-order valence-electron chi connectivity index (χ2n) is 3.53. The molecule has 0 spiro atoms. The van der Waals surface area contributed by atoms with Crippen LogP contribution in [0.5, 0.6) is 11.5 Å². The molecule has 1 rings (SSSR count). The fourth-order valence-electron chi connectivity index (χ4n) is 1.20. The maximum Gasteiger partial charge on any atom is 0.380 e. The van der Waals surface area contributed by atoms with Gasteiger partial charge in [-0.05, 0) is 30.7 Å². The van der Waals surface area contributed by atoms with Crippen molar-refractivity contribution < 1.29 is 22.5 Å². The Kier molecular flexibility index (Phi) is 4.26. The van der Waals surface area contributed by atoms with Crippen molar-refractivity contribution in [3.8, 4) is 17.6 Å². The van der Waals surface area contributed by atoms with Crippen LogP contribution in [0.1, 0.15) is 12.5 Å². The highest BCUT2D eigenvalue weighted by Gasteiger charge is 2.10. The van der Waals surface area contributed by atoms with Gasteiger partial charge in [-0.1, -0.05) is 6.07 Å². The van der Waals surface area contributed by atoms with Crippen LogP contribution in [0, 0.1) is 11.3 Å². The molecule has 19 heavy (non-hydrogen) atoms. The van der Waals surface area contributed by atoms with Crippen molar-refractivity contribution in [1.29, 1.82) is 5.26 Å². The van der Waals surface area contributed by atoms with Crippen molar-refractivity contribution in [3.63, 3.8) is 0 Å². The first-order chi connectivity index (χ1) is 8.73. The van der Waals surface area contributed by atoms with Gasteiger partial charge in [-0.2, -0.15) is 18.8 Å². The van der Waals surface area contributed by atoms with E-state index in [2.05, 4.69) is 9.32 Å². The van der Waals surface area contributed by atoms with Gasteiger partial charge in [-0.25, -0.2) is 0 Å². The zero-order valence-corrected chi connectivity index (χ0v) is 10.6. The molecular formula is C11H10N2O5S. The van der Waals surface area contributed by atoms with Crippen molar-refractivity contribution in [1.82, 2.24) is 0 Å². The van der Waals surface area contributed by atoms with Gasteiger partial charge in [0.05, 0.1) is 5.57 Å². The molecule has 0 radical (unpaired) electrons. The summed E-state index contributed by atoms with van der Waals surface area (Å²) in [6, 6.07) is 5.36. The summed E-state index contributed by atoms with van der Waals surface area (Å²) in [5, 5.41) is 22.9. The summed E-state index contributed by atoms with van der Waals surface area (Å²) in [4.78, 5) is 11.0. The molecule has 7 nitrogen and oxygen atoms in total. The normalized spacial score (nSPS) is 11.7. The van der Waals surface area contributed by atoms with Gasteiger partial charge in [0.15, 0.2) is 17.3 Å². The monoisotopic (exact) mass is 282 g/mol. The van der Waals surface area contributed by atoms with Crippen LogP contribution in [-0.2, 0) is 15.1 Å². The minimum atomic E-state index is -4.24. The number of aromatic hydroxyl groups is 1. The largest absolute Gasteiger partial charge is 0.504 e. The molecule has 0 aliphatic rings. The van der Waals surface area contributed by atoms with E-state index < -0.39 is 21.8 Å². The fraction of sp³-hybridized carbons (Fsp3) is 0.0909. The number of Topliss-reactive ketones (excluding diaryl/α,β-unsaturated/α-hetero) is 1. The third-order valence-corrected chi connectivity index (χ3v) is 2.41. The molecular weight excluding hydrogens is 272 g/mol. The Morgan fingerprint density at radius 2 is 2.16 bits per heavy atom. The summed E-state index contributed by atoms with van der Waals surface area (Å²) in [5.74, 6) is -1.25. The number of nitriles is 1. The Balaban J connectivity index is 3.14. The Bertz CT molecular complexity index is 686. The van der Waals surface area contributed by atoms with E-state index >= 15 is 0 Å². The zero-order valence-electron chi connectivity index (χ0n) is 9.82. The number of rotatable bonds is 4. The molecule has 0 aromatic heterocycles. The molecule has 8 heteroatoms. The molecule has 0 bridgehead atoms. The van der Waals surface area contributed by atoms with E-state index in [0.717, 1.165) is 12.1 Å². The van der Waals surface area contributed by atoms with Gasteiger partial charge in [-0.15, -0.1) is 0 Å². The van der Waals surface area contributed by atoms with Gasteiger partial charge in [-0.3, -0.25) is 4.79 Å². The Morgan fingerprint density at radius 3 is 2.58 bits per heavy atom. The summed E-state index contributed by atoms with van der Waals surface area (Å²) in [5.41, 5.74) is 0.241. The number of nitrogens with zero attached hydrogens (tertiary/aromatic N) is 1. The molecule has 0 heterocycles. The summed E-state index contributed by atoms with van der Waals surface area (Å²) in [6.07, 6.45) is 1.25. The number of ketones is 1. The van der Waals surface area contributed by atoms with E-state index in [9.17, 15) is 18.3 Å². The lowest BCUT2D eigenvalue weighted by atomic mass is 10.1.